The van der Waals surface area contributed by atoms with Crippen molar-refractivity contribution in [1.29, 1.82) is 0 Å². The molecule has 0 saturated carbocycles. The van der Waals surface area contributed by atoms with Crippen molar-refractivity contribution in [2.45, 2.75) is 13.1 Å². The summed E-state index contributed by atoms with van der Waals surface area (Å²) in [6, 6.07) is 6.23. The van der Waals surface area contributed by atoms with E-state index >= 15 is 0 Å². The number of nitrogens with zero attached hydrogens (tertiary/aromatic N) is 5. The van der Waals surface area contributed by atoms with E-state index in [-0.39, 0.29) is 28.5 Å². The van der Waals surface area contributed by atoms with Crippen LogP contribution in [-0.2, 0) is 6.18 Å². The molecule has 168 valence electrons. The molecule has 4 aromatic rings. The summed E-state index contributed by atoms with van der Waals surface area (Å²) in [6.07, 6.45) is 0.132. The lowest BCUT2D eigenvalue weighted by Gasteiger charge is -2.12. The maximum Gasteiger partial charge on any atom is 0.435 e. The highest BCUT2D eigenvalue weighted by atomic mass is 19.4. The highest BCUT2D eigenvalue weighted by Crippen LogP contribution is 2.30. The lowest BCUT2D eigenvalue weighted by Crippen LogP contribution is -2.10. The molecule has 0 atom stereocenters. The van der Waals surface area contributed by atoms with Crippen LogP contribution in [0.3, 0.4) is 0 Å². The Morgan fingerprint density at radius 3 is 2.58 bits per heavy atom. The molecule has 4 rings (SSSR count). The standard InChI is InChI=1S/C21H14F4N6O2/c1-11-4-14(22)7-15(5-11)28-20-27-10-16(12-6-13(19(32)33)9-26-8-12)18(29-20)31-3-2-17(30-31)21(23,24)25/h2-10H,1H3,(H,32,33)(H,27,28,29). The summed E-state index contributed by atoms with van der Waals surface area (Å²) in [4.78, 5) is 23.6. The molecule has 2 N–H and O–H groups in total. The molecule has 0 aliphatic carbocycles. The molecule has 3 heterocycles. The van der Waals surface area contributed by atoms with Gasteiger partial charge in [0.1, 0.15) is 5.82 Å². The summed E-state index contributed by atoms with van der Waals surface area (Å²) in [5.41, 5.74) is 0.127. The van der Waals surface area contributed by atoms with E-state index < -0.39 is 23.7 Å². The Balaban J connectivity index is 1.83. The molecule has 0 amide bonds. The molecule has 33 heavy (non-hydrogen) atoms. The topological polar surface area (TPSA) is 106 Å². The molecule has 8 nitrogen and oxygen atoms in total. The first-order valence-corrected chi connectivity index (χ1v) is 9.33. The van der Waals surface area contributed by atoms with Gasteiger partial charge in [0.2, 0.25) is 5.95 Å². The molecule has 0 radical (unpaired) electrons. The molecular weight excluding hydrogens is 444 g/mol. The van der Waals surface area contributed by atoms with E-state index in [0.717, 1.165) is 23.1 Å². The van der Waals surface area contributed by atoms with Gasteiger partial charge in [-0.05, 0) is 42.8 Å². The number of pyridine rings is 1. The number of anilines is 2. The van der Waals surface area contributed by atoms with E-state index in [1.54, 1.807) is 13.0 Å². The average molecular weight is 458 g/mol. The molecule has 0 aliphatic heterocycles. The normalized spacial score (nSPS) is 11.4. The second-order valence-corrected chi connectivity index (χ2v) is 6.98. The molecule has 0 spiro atoms. The van der Waals surface area contributed by atoms with Crippen molar-refractivity contribution in [3.05, 3.63) is 77.8 Å². The van der Waals surface area contributed by atoms with Gasteiger partial charge in [-0.2, -0.15) is 23.3 Å². The first kappa shape index (κ1) is 21.9. The van der Waals surface area contributed by atoms with Gasteiger partial charge in [0.15, 0.2) is 11.5 Å². The van der Waals surface area contributed by atoms with Gasteiger partial charge >= 0.3 is 12.1 Å². The van der Waals surface area contributed by atoms with E-state index in [4.69, 9.17) is 0 Å². The monoisotopic (exact) mass is 458 g/mol. The fourth-order valence-electron chi connectivity index (χ4n) is 3.05. The first-order chi connectivity index (χ1) is 15.6. The largest absolute Gasteiger partial charge is 0.478 e. The van der Waals surface area contributed by atoms with E-state index in [0.29, 0.717) is 11.3 Å². The van der Waals surface area contributed by atoms with Crippen LogP contribution in [0.1, 0.15) is 21.6 Å². The van der Waals surface area contributed by atoms with Crippen molar-refractivity contribution in [2.24, 2.45) is 0 Å². The molecule has 0 unspecified atom stereocenters. The lowest BCUT2D eigenvalue weighted by molar-refractivity contribution is -0.141. The van der Waals surface area contributed by atoms with Crippen molar-refractivity contribution in [1.82, 2.24) is 24.7 Å². The van der Waals surface area contributed by atoms with Crippen molar-refractivity contribution in [3.8, 4) is 16.9 Å². The maximum absolute atomic E-state index is 13.7. The fraction of sp³-hybridized carbons (Fsp3) is 0.0952. The van der Waals surface area contributed by atoms with Crippen molar-refractivity contribution < 1.29 is 27.5 Å². The smallest absolute Gasteiger partial charge is 0.435 e. The molecule has 1 aromatic carbocycles. The molecule has 0 bridgehead atoms. The van der Waals surface area contributed by atoms with E-state index in [2.05, 4.69) is 25.4 Å². The van der Waals surface area contributed by atoms with E-state index in [1.165, 1.54) is 30.6 Å². The number of hydrogen-bond acceptors (Lipinski definition) is 6. The van der Waals surface area contributed by atoms with Gasteiger partial charge in [0, 0.05) is 41.6 Å². The third kappa shape index (κ3) is 4.79. The Kier molecular flexibility index (Phi) is 5.50. The summed E-state index contributed by atoms with van der Waals surface area (Å²) in [7, 11) is 0. The zero-order chi connectivity index (χ0) is 23.8. The highest BCUT2D eigenvalue weighted by molar-refractivity contribution is 5.89. The molecule has 0 aliphatic rings. The number of nitrogens with one attached hydrogen (secondary N) is 1. The molecule has 0 fully saturated rings. The van der Waals surface area contributed by atoms with Crippen LogP contribution in [0.5, 0.6) is 0 Å². The Morgan fingerprint density at radius 2 is 1.91 bits per heavy atom. The molecule has 3 aromatic heterocycles. The fourth-order valence-corrected chi connectivity index (χ4v) is 3.05. The number of aryl methyl sites for hydroxylation is 1. The minimum atomic E-state index is -4.68. The zero-order valence-electron chi connectivity index (χ0n) is 16.8. The number of aromatic nitrogens is 5. The highest BCUT2D eigenvalue weighted by Gasteiger charge is 2.34. The number of benzene rings is 1. The number of rotatable bonds is 5. The van der Waals surface area contributed by atoms with Crippen LogP contribution in [-0.4, -0.2) is 35.8 Å². The van der Waals surface area contributed by atoms with Crippen molar-refractivity contribution in [2.75, 3.05) is 5.32 Å². The summed E-state index contributed by atoms with van der Waals surface area (Å²) in [5, 5.41) is 15.6. The number of alkyl halides is 3. The van der Waals surface area contributed by atoms with E-state index in [1.807, 2.05) is 0 Å². The van der Waals surface area contributed by atoms with Gasteiger partial charge < -0.3 is 10.4 Å². The molecule has 0 saturated heterocycles. The predicted molar refractivity (Wildman–Crippen MR) is 109 cm³/mol. The average Bonchev–Trinajstić information content (AvgIpc) is 3.24. The summed E-state index contributed by atoms with van der Waals surface area (Å²) >= 11 is 0. The zero-order valence-corrected chi connectivity index (χ0v) is 16.8. The third-order valence-corrected chi connectivity index (χ3v) is 4.46. The van der Waals surface area contributed by atoms with Crippen LogP contribution in [0.2, 0.25) is 0 Å². The van der Waals surface area contributed by atoms with Gasteiger partial charge in [-0.15, -0.1) is 0 Å². The Labute approximate surface area is 183 Å². The number of halogens is 4. The number of carbonyl (C=O) groups is 1. The second-order valence-electron chi connectivity index (χ2n) is 6.98. The van der Waals surface area contributed by atoms with Crippen LogP contribution in [0, 0.1) is 12.7 Å². The SMILES string of the molecule is Cc1cc(F)cc(Nc2ncc(-c3cncc(C(=O)O)c3)c(-n3ccc(C(F)(F)F)n3)n2)c1. The Hall–Kier alpha value is -4.35. The van der Waals surface area contributed by atoms with Crippen LogP contribution < -0.4 is 5.32 Å². The first-order valence-electron chi connectivity index (χ1n) is 9.33. The Bertz CT molecular complexity index is 1330. The van der Waals surface area contributed by atoms with E-state index in [9.17, 15) is 27.5 Å². The minimum absolute atomic E-state index is 0.0369. The number of carboxylic acid groups (broad SMARTS) is 1. The summed E-state index contributed by atoms with van der Waals surface area (Å²) in [5.74, 6) is -1.83. The van der Waals surface area contributed by atoms with Gasteiger partial charge in [-0.1, -0.05) is 0 Å². The van der Waals surface area contributed by atoms with Crippen LogP contribution in [0.4, 0.5) is 29.2 Å². The van der Waals surface area contributed by atoms with Crippen LogP contribution >= 0.6 is 0 Å². The second kappa shape index (κ2) is 8.30. The molecular formula is C21H14F4N6O2. The summed E-state index contributed by atoms with van der Waals surface area (Å²) < 4.78 is 53.9. The molecule has 12 heteroatoms. The number of aromatic carboxylic acids is 1. The van der Waals surface area contributed by atoms with Gasteiger partial charge in [-0.3, -0.25) is 4.98 Å². The predicted octanol–water partition coefficient (Wildman–Crippen LogP) is 4.63. The van der Waals surface area contributed by atoms with Crippen molar-refractivity contribution >= 4 is 17.6 Å². The number of hydrogen-bond donors (Lipinski definition) is 2. The van der Waals surface area contributed by atoms with Gasteiger partial charge in [0.25, 0.3) is 0 Å². The quantitative estimate of drug-likeness (QED) is 0.420. The Morgan fingerprint density at radius 1 is 1.12 bits per heavy atom. The lowest BCUT2D eigenvalue weighted by atomic mass is 10.1. The van der Waals surface area contributed by atoms with Gasteiger partial charge in [-0.25, -0.2) is 18.9 Å². The van der Waals surface area contributed by atoms with Crippen molar-refractivity contribution in [3.63, 3.8) is 0 Å². The maximum atomic E-state index is 13.7. The third-order valence-electron chi connectivity index (χ3n) is 4.46. The van der Waals surface area contributed by atoms with Crippen LogP contribution in [0.25, 0.3) is 16.9 Å². The van der Waals surface area contributed by atoms with Gasteiger partial charge in [0.05, 0.1) is 5.56 Å². The minimum Gasteiger partial charge on any atom is -0.478 e. The summed E-state index contributed by atoms with van der Waals surface area (Å²) in [6.45, 7) is 1.69. The number of carboxylic acids is 1. The van der Waals surface area contributed by atoms with Crippen LogP contribution in [0.15, 0.2) is 55.1 Å².